The van der Waals surface area contributed by atoms with Crippen LogP contribution in [0.1, 0.15) is 16.1 Å². The van der Waals surface area contributed by atoms with Gasteiger partial charge in [0.2, 0.25) is 5.91 Å². The first-order valence-electron chi connectivity index (χ1n) is 7.24. The van der Waals surface area contributed by atoms with Crippen LogP contribution in [0.4, 0.5) is 4.39 Å². The highest BCUT2D eigenvalue weighted by Crippen LogP contribution is 2.31. The molecular weight excluding hydrogens is 367 g/mol. The van der Waals surface area contributed by atoms with Crippen molar-refractivity contribution in [2.24, 2.45) is 0 Å². The molecule has 0 radical (unpaired) electrons. The largest absolute Gasteiger partial charge is 0.351 e. The van der Waals surface area contributed by atoms with Gasteiger partial charge in [-0.25, -0.2) is 9.37 Å². The van der Waals surface area contributed by atoms with Gasteiger partial charge in [0.05, 0.1) is 23.5 Å². The number of hydrogen-bond acceptors (Lipinski definition) is 4. The van der Waals surface area contributed by atoms with Gasteiger partial charge in [0.15, 0.2) is 0 Å². The maximum Gasteiger partial charge on any atom is 0.224 e. The zero-order chi connectivity index (χ0) is 17.1. The Hall–Kier alpha value is -1.76. The fraction of sp³-hybridized carbons (Fsp3) is 0.176. The van der Waals surface area contributed by atoms with Crippen LogP contribution in [0.3, 0.4) is 0 Å². The van der Waals surface area contributed by atoms with Crippen molar-refractivity contribution in [3.05, 3.63) is 62.7 Å². The maximum absolute atomic E-state index is 13.7. The van der Waals surface area contributed by atoms with E-state index in [1.165, 1.54) is 12.1 Å². The highest BCUT2D eigenvalue weighted by Gasteiger charge is 2.14. The van der Waals surface area contributed by atoms with E-state index in [1.54, 1.807) is 28.7 Å². The number of nitrogens with zero attached hydrogens (tertiary/aromatic N) is 1. The third-order valence-electron chi connectivity index (χ3n) is 3.47. The molecule has 0 saturated heterocycles. The van der Waals surface area contributed by atoms with Gasteiger partial charge in [0, 0.05) is 15.5 Å². The molecule has 1 N–H and O–H groups in total. The number of benzene rings is 1. The zero-order valence-corrected chi connectivity index (χ0v) is 15.2. The number of aryl methyl sites for hydroxylation is 1. The molecule has 7 heteroatoms. The number of carbonyl (C=O) groups is 1. The second kappa shape index (κ2) is 7.42. The predicted octanol–water partition coefficient (Wildman–Crippen LogP) is 4.83. The number of nitrogens with one attached hydrogen (secondary N) is 1. The number of halogens is 2. The Balaban J connectivity index is 1.65. The van der Waals surface area contributed by atoms with Crippen molar-refractivity contribution in [1.82, 2.24) is 10.3 Å². The van der Waals surface area contributed by atoms with E-state index in [2.05, 4.69) is 10.3 Å². The summed E-state index contributed by atoms with van der Waals surface area (Å²) in [5.74, 6) is -0.737. The first kappa shape index (κ1) is 17.1. The van der Waals surface area contributed by atoms with E-state index in [0.717, 1.165) is 20.5 Å². The molecule has 1 amide bonds. The van der Waals surface area contributed by atoms with Crippen LogP contribution in [-0.2, 0) is 17.8 Å². The topological polar surface area (TPSA) is 42.0 Å². The minimum atomic E-state index is -0.466. The number of aromatic nitrogens is 1. The van der Waals surface area contributed by atoms with E-state index in [9.17, 15) is 9.18 Å². The van der Waals surface area contributed by atoms with Crippen molar-refractivity contribution >= 4 is 40.2 Å². The Morgan fingerprint density at radius 2 is 2.17 bits per heavy atom. The number of rotatable bonds is 5. The van der Waals surface area contributed by atoms with Crippen LogP contribution in [0, 0.1) is 12.7 Å². The van der Waals surface area contributed by atoms with Gasteiger partial charge in [0.25, 0.3) is 0 Å². The van der Waals surface area contributed by atoms with Gasteiger partial charge in [-0.05, 0) is 30.5 Å². The number of hydrogen-bond donors (Lipinski definition) is 1. The molecule has 3 nitrogen and oxygen atoms in total. The second-order valence-electron chi connectivity index (χ2n) is 5.16. The maximum atomic E-state index is 13.7. The normalized spacial score (nSPS) is 10.8. The fourth-order valence-corrected chi connectivity index (χ4v) is 4.23. The molecule has 3 rings (SSSR count). The molecule has 0 saturated carbocycles. The van der Waals surface area contributed by atoms with Gasteiger partial charge in [-0.2, -0.15) is 0 Å². The van der Waals surface area contributed by atoms with E-state index in [1.807, 2.05) is 24.4 Å². The lowest BCUT2D eigenvalue weighted by atomic mass is 10.1. The molecule has 2 heterocycles. The summed E-state index contributed by atoms with van der Waals surface area (Å²) >= 11 is 9.14. The Morgan fingerprint density at radius 1 is 1.33 bits per heavy atom. The van der Waals surface area contributed by atoms with Gasteiger partial charge in [-0.3, -0.25) is 4.79 Å². The lowest BCUT2D eigenvalue weighted by Crippen LogP contribution is -2.25. The monoisotopic (exact) mass is 380 g/mol. The molecule has 1 aromatic carbocycles. The minimum absolute atomic E-state index is 0.0822. The summed E-state index contributed by atoms with van der Waals surface area (Å²) in [6.45, 7) is 2.29. The molecule has 0 unspecified atom stereocenters. The van der Waals surface area contributed by atoms with Gasteiger partial charge in [-0.15, -0.1) is 22.7 Å². The molecule has 0 aliphatic rings. The number of thiazole rings is 1. The van der Waals surface area contributed by atoms with E-state index >= 15 is 0 Å². The molecule has 24 heavy (non-hydrogen) atoms. The average molecular weight is 381 g/mol. The van der Waals surface area contributed by atoms with Crippen LogP contribution < -0.4 is 5.32 Å². The van der Waals surface area contributed by atoms with Crippen LogP contribution in [0.5, 0.6) is 0 Å². The smallest absolute Gasteiger partial charge is 0.224 e. The lowest BCUT2D eigenvalue weighted by molar-refractivity contribution is -0.120. The van der Waals surface area contributed by atoms with Crippen LogP contribution in [0.25, 0.3) is 9.88 Å². The second-order valence-corrected chi connectivity index (χ2v) is 7.60. The van der Waals surface area contributed by atoms with Crippen molar-refractivity contribution in [2.45, 2.75) is 19.9 Å². The summed E-state index contributed by atoms with van der Waals surface area (Å²) in [5, 5.41) is 6.03. The minimum Gasteiger partial charge on any atom is -0.351 e. The molecule has 0 bridgehead atoms. The van der Waals surface area contributed by atoms with Crippen LogP contribution >= 0.6 is 34.3 Å². The van der Waals surface area contributed by atoms with Crippen molar-refractivity contribution in [1.29, 1.82) is 0 Å². The summed E-state index contributed by atoms with van der Waals surface area (Å²) in [6, 6.07) is 8.40. The Kier molecular flexibility index (Phi) is 5.28. The molecule has 0 spiro atoms. The molecule has 0 atom stereocenters. The van der Waals surface area contributed by atoms with Crippen molar-refractivity contribution < 1.29 is 9.18 Å². The predicted molar refractivity (Wildman–Crippen MR) is 97.1 cm³/mol. The van der Waals surface area contributed by atoms with Crippen LogP contribution in [0.2, 0.25) is 5.02 Å². The van der Waals surface area contributed by atoms with Gasteiger partial charge < -0.3 is 5.32 Å². The summed E-state index contributed by atoms with van der Waals surface area (Å²) in [6.07, 6.45) is -0.0822. The molecule has 124 valence electrons. The summed E-state index contributed by atoms with van der Waals surface area (Å²) < 4.78 is 13.7. The number of carbonyl (C=O) groups excluding carboxylic acids is 1. The first-order valence-corrected chi connectivity index (χ1v) is 9.32. The Labute approximate surface area is 152 Å². The lowest BCUT2D eigenvalue weighted by Gasteiger charge is -2.07. The molecule has 2 aromatic heterocycles. The molecule has 0 aliphatic heterocycles. The van der Waals surface area contributed by atoms with E-state index in [-0.39, 0.29) is 22.9 Å². The third-order valence-corrected chi connectivity index (χ3v) is 6.02. The van der Waals surface area contributed by atoms with Crippen LogP contribution in [0.15, 0.2) is 35.7 Å². The van der Waals surface area contributed by atoms with Gasteiger partial charge >= 0.3 is 0 Å². The Morgan fingerprint density at radius 3 is 2.88 bits per heavy atom. The molecule has 0 fully saturated rings. The SMILES string of the molecule is Cc1nc(-c2cccs2)sc1CNC(=O)Cc1c(F)cccc1Cl. The van der Waals surface area contributed by atoms with Crippen LogP contribution in [-0.4, -0.2) is 10.9 Å². The van der Waals surface area contributed by atoms with E-state index < -0.39 is 5.82 Å². The highest BCUT2D eigenvalue weighted by molar-refractivity contribution is 7.21. The van der Waals surface area contributed by atoms with E-state index in [0.29, 0.717) is 6.54 Å². The van der Waals surface area contributed by atoms with E-state index in [4.69, 9.17) is 11.6 Å². The average Bonchev–Trinajstić information content (AvgIpc) is 3.19. The summed E-state index contributed by atoms with van der Waals surface area (Å²) in [5.41, 5.74) is 1.12. The third kappa shape index (κ3) is 3.83. The fourth-order valence-electron chi connectivity index (χ4n) is 2.20. The number of thiophene rings is 1. The molecule has 0 aliphatic carbocycles. The van der Waals surface area contributed by atoms with Crippen molar-refractivity contribution in [3.63, 3.8) is 0 Å². The summed E-state index contributed by atoms with van der Waals surface area (Å²) in [4.78, 5) is 18.7. The summed E-state index contributed by atoms with van der Waals surface area (Å²) in [7, 11) is 0. The van der Waals surface area contributed by atoms with Gasteiger partial charge in [0.1, 0.15) is 10.8 Å². The standard InChI is InChI=1S/C17H14ClFN2OS2/c1-10-15(24-17(21-10)14-6-3-7-23-14)9-20-16(22)8-11-12(18)4-2-5-13(11)19/h2-7H,8-9H2,1H3,(H,20,22). The highest BCUT2D eigenvalue weighted by atomic mass is 35.5. The number of amides is 1. The zero-order valence-electron chi connectivity index (χ0n) is 12.8. The van der Waals surface area contributed by atoms with Crippen molar-refractivity contribution in [3.8, 4) is 9.88 Å². The van der Waals surface area contributed by atoms with Crippen molar-refractivity contribution in [2.75, 3.05) is 0 Å². The Bertz CT molecular complexity index is 841. The first-order chi connectivity index (χ1) is 11.5. The quantitative estimate of drug-likeness (QED) is 0.688. The van der Waals surface area contributed by atoms with Gasteiger partial charge in [-0.1, -0.05) is 23.7 Å². The molecular formula is C17H14ClFN2OS2. The molecule has 3 aromatic rings.